The zero-order valence-electron chi connectivity index (χ0n) is 11.9. The SMILES string of the molecule is COc1cc(C)c(S(=O)(=O)N2CCC(C)C2)cc1C. The van der Waals surface area contributed by atoms with Crippen LogP contribution in [0.25, 0.3) is 0 Å². The highest BCUT2D eigenvalue weighted by atomic mass is 32.2. The summed E-state index contributed by atoms with van der Waals surface area (Å²) in [4.78, 5) is 0.403. The smallest absolute Gasteiger partial charge is 0.243 e. The Kier molecular flexibility index (Phi) is 3.87. The van der Waals surface area contributed by atoms with Crippen LogP contribution >= 0.6 is 0 Å². The minimum Gasteiger partial charge on any atom is -0.496 e. The summed E-state index contributed by atoms with van der Waals surface area (Å²) in [6.45, 7) is 7.00. The average Bonchev–Trinajstić information content (AvgIpc) is 2.79. The van der Waals surface area contributed by atoms with Gasteiger partial charge >= 0.3 is 0 Å². The number of hydrogen-bond donors (Lipinski definition) is 0. The van der Waals surface area contributed by atoms with Crippen LogP contribution < -0.4 is 4.74 Å². The molecule has 1 heterocycles. The van der Waals surface area contributed by atoms with Gasteiger partial charge in [0.15, 0.2) is 0 Å². The van der Waals surface area contributed by atoms with Gasteiger partial charge in [-0.15, -0.1) is 0 Å². The largest absolute Gasteiger partial charge is 0.496 e. The number of methoxy groups -OCH3 is 1. The van der Waals surface area contributed by atoms with E-state index in [1.54, 1.807) is 23.5 Å². The van der Waals surface area contributed by atoms with Gasteiger partial charge in [-0.25, -0.2) is 8.42 Å². The van der Waals surface area contributed by atoms with E-state index in [2.05, 4.69) is 6.92 Å². The fraction of sp³-hybridized carbons (Fsp3) is 0.571. The van der Waals surface area contributed by atoms with E-state index < -0.39 is 10.0 Å². The number of nitrogens with zero attached hydrogens (tertiary/aromatic N) is 1. The van der Waals surface area contributed by atoms with Gasteiger partial charge in [-0.1, -0.05) is 6.92 Å². The maximum absolute atomic E-state index is 12.6. The van der Waals surface area contributed by atoms with Gasteiger partial charge < -0.3 is 4.74 Å². The number of aryl methyl sites for hydroxylation is 2. The number of sulfonamides is 1. The summed E-state index contributed by atoms with van der Waals surface area (Å²) in [5.41, 5.74) is 1.58. The molecule has 2 rings (SSSR count). The first-order valence-electron chi connectivity index (χ1n) is 6.51. The molecular weight excluding hydrogens is 262 g/mol. The fourth-order valence-corrected chi connectivity index (χ4v) is 4.38. The molecule has 1 atom stereocenters. The highest BCUT2D eigenvalue weighted by Gasteiger charge is 2.31. The van der Waals surface area contributed by atoms with Crippen molar-refractivity contribution in [2.45, 2.75) is 32.1 Å². The van der Waals surface area contributed by atoms with Crippen LogP contribution in [0.15, 0.2) is 17.0 Å². The number of rotatable bonds is 3. The molecule has 0 amide bonds. The lowest BCUT2D eigenvalue weighted by Gasteiger charge is -2.19. The van der Waals surface area contributed by atoms with E-state index in [0.29, 0.717) is 23.9 Å². The lowest BCUT2D eigenvalue weighted by atomic mass is 10.1. The van der Waals surface area contributed by atoms with Crippen molar-refractivity contribution in [2.24, 2.45) is 5.92 Å². The average molecular weight is 283 g/mol. The topological polar surface area (TPSA) is 46.6 Å². The van der Waals surface area contributed by atoms with Crippen molar-refractivity contribution in [1.29, 1.82) is 0 Å². The lowest BCUT2D eigenvalue weighted by Crippen LogP contribution is -2.29. The summed E-state index contributed by atoms with van der Waals surface area (Å²) in [7, 11) is -1.78. The van der Waals surface area contributed by atoms with Gasteiger partial charge in [-0.05, 0) is 49.4 Å². The van der Waals surface area contributed by atoms with E-state index in [4.69, 9.17) is 4.74 Å². The molecule has 0 aromatic heterocycles. The third-order valence-corrected chi connectivity index (χ3v) is 5.70. The number of hydrogen-bond acceptors (Lipinski definition) is 3. The standard InChI is InChI=1S/C14H21NO3S/c1-10-5-6-15(9-10)19(16,17)14-8-11(2)13(18-4)7-12(14)3/h7-8,10H,5-6,9H2,1-4H3. The van der Waals surface area contributed by atoms with Crippen molar-refractivity contribution in [3.05, 3.63) is 23.3 Å². The molecule has 0 radical (unpaired) electrons. The number of benzene rings is 1. The van der Waals surface area contributed by atoms with Crippen LogP contribution in [0, 0.1) is 19.8 Å². The number of ether oxygens (including phenoxy) is 1. The molecule has 4 nitrogen and oxygen atoms in total. The van der Waals surface area contributed by atoms with Crippen LogP contribution in [-0.4, -0.2) is 32.9 Å². The molecular formula is C14H21NO3S. The van der Waals surface area contributed by atoms with Crippen LogP contribution in [0.2, 0.25) is 0 Å². The Morgan fingerprint density at radius 3 is 2.47 bits per heavy atom. The second-order valence-corrected chi connectivity index (χ2v) is 7.25. The van der Waals surface area contributed by atoms with Gasteiger partial charge in [0.25, 0.3) is 0 Å². The van der Waals surface area contributed by atoms with Crippen molar-refractivity contribution < 1.29 is 13.2 Å². The quantitative estimate of drug-likeness (QED) is 0.855. The Balaban J connectivity index is 2.44. The maximum Gasteiger partial charge on any atom is 0.243 e. The van der Waals surface area contributed by atoms with Crippen LogP contribution in [0.1, 0.15) is 24.5 Å². The van der Waals surface area contributed by atoms with Gasteiger partial charge in [0, 0.05) is 13.1 Å². The summed E-state index contributed by atoms with van der Waals surface area (Å²) in [6, 6.07) is 3.51. The van der Waals surface area contributed by atoms with E-state index in [1.165, 1.54) is 0 Å². The molecule has 1 aromatic carbocycles. The second kappa shape index (κ2) is 5.13. The van der Waals surface area contributed by atoms with Crippen molar-refractivity contribution >= 4 is 10.0 Å². The van der Waals surface area contributed by atoms with E-state index in [9.17, 15) is 8.42 Å². The van der Waals surface area contributed by atoms with E-state index in [0.717, 1.165) is 23.3 Å². The van der Waals surface area contributed by atoms with E-state index in [1.807, 2.05) is 13.8 Å². The zero-order valence-corrected chi connectivity index (χ0v) is 12.8. The van der Waals surface area contributed by atoms with E-state index in [-0.39, 0.29) is 0 Å². The molecule has 0 spiro atoms. The Hall–Kier alpha value is -1.07. The first-order chi connectivity index (χ1) is 8.86. The lowest BCUT2D eigenvalue weighted by molar-refractivity contribution is 0.410. The molecule has 1 saturated heterocycles. The van der Waals surface area contributed by atoms with Crippen molar-refractivity contribution in [3.63, 3.8) is 0 Å². The molecule has 1 aliphatic rings. The second-order valence-electron chi connectivity index (χ2n) is 5.34. The minimum absolute atomic E-state index is 0.403. The third kappa shape index (κ3) is 2.62. The normalized spacial score (nSPS) is 20.7. The van der Waals surface area contributed by atoms with Crippen molar-refractivity contribution in [1.82, 2.24) is 4.31 Å². The van der Waals surface area contributed by atoms with Gasteiger partial charge in [0.05, 0.1) is 12.0 Å². The fourth-order valence-electron chi connectivity index (χ4n) is 2.51. The van der Waals surface area contributed by atoms with Crippen LogP contribution in [-0.2, 0) is 10.0 Å². The predicted molar refractivity (Wildman–Crippen MR) is 75.0 cm³/mol. The molecule has 1 aliphatic heterocycles. The molecule has 0 saturated carbocycles. The minimum atomic E-state index is -3.37. The molecule has 1 fully saturated rings. The van der Waals surface area contributed by atoms with Crippen LogP contribution in [0.5, 0.6) is 5.75 Å². The molecule has 0 bridgehead atoms. The van der Waals surface area contributed by atoms with Gasteiger partial charge in [-0.2, -0.15) is 4.31 Å². The summed E-state index contributed by atoms with van der Waals surface area (Å²) >= 11 is 0. The third-order valence-electron chi connectivity index (χ3n) is 3.70. The molecule has 0 N–H and O–H groups in total. The zero-order chi connectivity index (χ0) is 14.2. The highest BCUT2D eigenvalue weighted by molar-refractivity contribution is 7.89. The summed E-state index contributed by atoms with van der Waals surface area (Å²) in [5, 5.41) is 0. The molecule has 1 aromatic rings. The van der Waals surface area contributed by atoms with Gasteiger partial charge in [-0.3, -0.25) is 0 Å². The van der Waals surface area contributed by atoms with Crippen LogP contribution in [0.4, 0.5) is 0 Å². The Morgan fingerprint density at radius 2 is 1.95 bits per heavy atom. The summed E-state index contributed by atoms with van der Waals surface area (Å²) in [6.07, 6.45) is 0.938. The van der Waals surface area contributed by atoms with Crippen molar-refractivity contribution in [3.8, 4) is 5.75 Å². The summed E-state index contributed by atoms with van der Waals surface area (Å²) < 4.78 is 32.1. The molecule has 5 heteroatoms. The molecule has 0 aliphatic carbocycles. The Morgan fingerprint density at radius 1 is 1.26 bits per heavy atom. The Bertz CT molecular complexity index is 581. The van der Waals surface area contributed by atoms with Gasteiger partial charge in [0.2, 0.25) is 10.0 Å². The first-order valence-corrected chi connectivity index (χ1v) is 7.95. The Labute approximate surface area is 115 Å². The summed E-state index contributed by atoms with van der Waals surface area (Å²) in [5.74, 6) is 1.17. The van der Waals surface area contributed by atoms with Gasteiger partial charge in [0.1, 0.15) is 5.75 Å². The first kappa shape index (κ1) is 14.3. The highest BCUT2D eigenvalue weighted by Crippen LogP contribution is 2.30. The van der Waals surface area contributed by atoms with Crippen molar-refractivity contribution in [2.75, 3.05) is 20.2 Å². The molecule has 1 unspecified atom stereocenters. The van der Waals surface area contributed by atoms with Crippen LogP contribution in [0.3, 0.4) is 0 Å². The predicted octanol–water partition coefficient (Wildman–Crippen LogP) is 2.34. The maximum atomic E-state index is 12.6. The molecule has 19 heavy (non-hydrogen) atoms. The molecule has 106 valence electrons. The van der Waals surface area contributed by atoms with E-state index >= 15 is 0 Å². The monoisotopic (exact) mass is 283 g/mol.